The maximum atomic E-state index is 12.5. The lowest BCUT2D eigenvalue weighted by Gasteiger charge is -2.05. The summed E-state index contributed by atoms with van der Waals surface area (Å²) in [5.41, 5.74) is 3.70. The third-order valence-corrected chi connectivity index (χ3v) is 5.98. The lowest BCUT2D eigenvalue weighted by Crippen LogP contribution is -2.18. The number of carbonyl (C=O) groups excluding carboxylic acids is 1. The number of fused-ring (bicyclic) bond motifs is 1. The van der Waals surface area contributed by atoms with Crippen molar-refractivity contribution in [1.82, 2.24) is 15.5 Å². The van der Waals surface area contributed by atoms with E-state index in [9.17, 15) is 13.2 Å². The molecule has 0 bridgehead atoms. The van der Waals surface area contributed by atoms with E-state index in [1.807, 2.05) is 18.2 Å². The predicted molar refractivity (Wildman–Crippen MR) is 102 cm³/mol. The first-order valence-corrected chi connectivity index (χ1v) is 10.3. The Hall–Kier alpha value is -3.20. The topological polar surface area (TPSA) is 114 Å². The van der Waals surface area contributed by atoms with E-state index in [4.69, 9.17) is 4.42 Å². The van der Waals surface area contributed by atoms with Gasteiger partial charge in [0.25, 0.3) is 15.9 Å². The van der Waals surface area contributed by atoms with Crippen LogP contribution in [-0.2, 0) is 22.9 Å². The summed E-state index contributed by atoms with van der Waals surface area (Å²) in [5.74, 6) is -0.0461. The summed E-state index contributed by atoms with van der Waals surface area (Å²) in [6.07, 6.45) is 3.22. The Morgan fingerprint density at radius 2 is 1.79 bits per heavy atom. The van der Waals surface area contributed by atoms with Gasteiger partial charge in [0.15, 0.2) is 0 Å². The highest BCUT2D eigenvalue weighted by Gasteiger charge is 2.20. The van der Waals surface area contributed by atoms with Gasteiger partial charge in [-0.05, 0) is 66.8 Å². The molecule has 2 N–H and O–H groups in total. The van der Waals surface area contributed by atoms with Gasteiger partial charge in [-0.25, -0.2) is 13.1 Å². The van der Waals surface area contributed by atoms with E-state index >= 15 is 0 Å². The predicted octanol–water partition coefficient (Wildman–Crippen LogP) is 2.39. The number of aryl methyl sites for hydroxylation is 2. The second-order valence-corrected chi connectivity index (χ2v) is 8.14. The number of anilines is 1. The van der Waals surface area contributed by atoms with Crippen LogP contribution in [0.25, 0.3) is 11.5 Å². The third-order valence-electron chi connectivity index (χ3n) is 4.65. The number of rotatable bonds is 5. The number of amides is 1. The smallest absolute Gasteiger partial charge is 0.330 e. The van der Waals surface area contributed by atoms with Crippen molar-refractivity contribution in [3.8, 4) is 11.5 Å². The fourth-order valence-electron chi connectivity index (χ4n) is 3.19. The summed E-state index contributed by atoms with van der Waals surface area (Å²) in [6.45, 7) is 0. The molecule has 0 saturated carbocycles. The van der Waals surface area contributed by atoms with Crippen molar-refractivity contribution in [2.75, 3.05) is 11.8 Å². The highest BCUT2D eigenvalue weighted by atomic mass is 32.2. The average Bonchev–Trinajstić information content (AvgIpc) is 3.35. The molecule has 144 valence electrons. The number of carbonyl (C=O) groups is 1. The Morgan fingerprint density at radius 3 is 2.54 bits per heavy atom. The summed E-state index contributed by atoms with van der Waals surface area (Å²) in [6, 6.07) is 11.3. The fourth-order valence-corrected chi connectivity index (χ4v) is 4.11. The molecule has 28 heavy (non-hydrogen) atoms. The molecule has 0 aliphatic heterocycles. The van der Waals surface area contributed by atoms with E-state index < -0.39 is 10.0 Å². The number of nitrogens with one attached hydrogen (secondary N) is 2. The van der Waals surface area contributed by atoms with Crippen LogP contribution in [0.5, 0.6) is 0 Å². The van der Waals surface area contributed by atoms with Crippen LogP contribution in [0.4, 0.5) is 6.01 Å². The SMILES string of the molecule is CNC(=O)c1ccc(S(=O)(=O)Nc2nnc(-c3ccc4c(c3)CCC4)o2)cc1. The first kappa shape index (κ1) is 18.2. The van der Waals surface area contributed by atoms with Crippen LogP contribution in [0.2, 0.25) is 0 Å². The molecule has 0 unspecified atom stereocenters. The van der Waals surface area contributed by atoms with Gasteiger partial charge in [0, 0.05) is 18.2 Å². The zero-order chi connectivity index (χ0) is 19.7. The molecule has 1 aromatic heterocycles. The largest absolute Gasteiger partial charge is 0.403 e. The molecule has 1 aliphatic carbocycles. The van der Waals surface area contributed by atoms with Crippen molar-refractivity contribution in [3.05, 3.63) is 59.2 Å². The van der Waals surface area contributed by atoms with Gasteiger partial charge in [-0.2, -0.15) is 0 Å². The quantitative estimate of drug-likeness (QED) is 0.682. The summed E-state index contributed by atoms with van der Waals surface area (Å²) < 4.78 is 32.8. The lowest BCUT2D eigenvalue weighted by molar-refractivity contribution is 0.0963. The van der Waals surface area contributed by atoms with Crippen LogP contribution in [0, 0.1) is 0 Å². The fraction of sp³-hybridized carbons (Fsp3) is 0.211. The maximum absolute atomic E-state index is 12.5. The van der Waals surface area contributed by atoms with Gasteiger partial charge in [0.05, 0.1) is 4.90 Å². The number of sulfonamides is 1. The number of hydrogen-bond acceptors (Lipinski definition) is 6. The standard InChI is InChI=1S/C19H18N4O4S/c1-20-17(24)13-7-9-16(10-8-13)28(25,26)23-19-22-21-18(27-19)15-6-5-12-3-2-4-14(12)11-15/h5-11H,2-4H2,1H3,(H,20,24)(H,22,23). The van der Waals surface area contributed by atoms with Crippen LogP contribution >= 0.6 is 0 Å². The summed E-state index contributed by atoms with van der Waals surface area (Å²) in [5, 5.41) is 10.2. The third kappa shape index (κ3) is 3.48. The van der Waals surface area contributed by atoms with Crippen LogP contribution in [0.3, 0.4) is 0 Å². The van der Waals surface area contributed by atoms with E-state index in [-0.39, 0.29) is 22.7 Å². The van der Waals surface area contributed by atoms with Crippen molar-refractivity contribution in [2.45, 2.75) is 24.2 Å². The molecule has 4 rings (SSSR count). The molecule has 1 amide bonds. The summed E-state index contributed by atoms with van der Waals surface area (Å²) in [4.78, 5) is 11.5. The van der Waals surface area contributed by atoms with Gasteiger partial charge in [0.1, 0.15) is 0 Å². The molecule has 0 spiro atoms. The average molecular weight is 398 g/mol. The van der Waals surface area contributed by atoms with Crippen molar-refractivity contribution in [1.29, 1.82) is 0 Å². The highest BCUT2D eigenvalue weighted by molar-refractivity contribution is 7.92. The minimum Gasteiger partial charge on any atom is -0.403 e. The maximum Gasteiger partial charge on any atom is 0.330 e. The van der Waals surface area contributed by atoms with E-state index in [0.717, 1.165) is 24.8 Å². The zero-order valence-corrected chi connectivity index (χ0v) is 15.9. The Morgan fingerprint density at radius 1 is 1.04 bits per heavy atom. The minimum absolute atomic E-state index is 0.0163. The van der Waals surface area contributed by atoms with E-state index in [0.29, 0.717) is 5.56 Å². The molecule has 2 aromatic carbocycles. The second-order valence-electron chi connectivity index (χ2n) is 6.46. The van der Waals surface area contributed by atoms with Crippen molar-refractivity contribution < 1.29 is 17.6 Å². The number of benzene rings is 2. The highest BCUT2D eigenvalue weighted by Crippen LogP contribution is 2.28. The molecule has 9 heteroatoms. The Bertz CT molecular complexity index is 1140. The Balaban J connectivity index is 1.53. The normalized spacial score (nSPS) is 13.2. The van der Waals surface area contributed by atoms with Crippen molar-refractivity contribution >= 4 is 21.9 Å². The number of hydrogen-bond donors (Lipinski definition) is 2. The summed E-state index contributed by atoms with van der Waals surface area (Å²) >= 11 is 0. The molecule has 0 fully saturated rings. The van der Waals surface area contributed by atoms with Gasteiger partial charge in [0.2, 0.25) is 5.89 Å². The van der Waals surface area contributed by atoms with Gasteiger partial charge in [-0.15, -0.1) is 5.10 Å². The summed E-state index contributed by atoms with van der Waals surface area (Å²) in [7, 11) is -2.42. The first-order valence-electron chi connectivity index (χ1n) is 8.77. The monoisotopic (exact) mass is 398 g/mol. The Labute approximate surface area is 162 Å². The van der Waals surface area contributed by atoms with Gasteiger partial charge < -0.3 is 9.73 Å². The molecule has 1 aliphatic rings. The van der Waals surface area contributed by atoms with Crippen LogP contribution < -0.4 is 10.0 Å². The van der Waals surface area contributed by atoms with Gasteiger partial charge in [-0.3, -0.25) is 4.79 Å². The van der Waals surface area contributed by atoms with E-state index in [1.54, 1.807) is 0 Å². The number of aromatic nitrogens is 2. The van der Waals surface area contributed by atoms with E-state index in [2.05, 4.69) is 20.2 Å². The van der Waals surface area contributed by atoms with Crippen molar-refractivity contribution in [3.63, 3.8) is 0 Å². The molecule has 0 radical (unpaired) electrons. The molecular weight excluding hydrogens is 380 g/mol. The van der Waals surface area contributed by atoms with Crippen LogP contribution in [-0.4, -0.2) is 31.6 Å². The molecular formula is C19H18N4O4S. The molecule has 0 atom stereocenters. The molecule has 8 nitrogen and oxygen atoms in total. The molecule has 0 saturated heterocycles. The second kappa shape index (κ2) is 7.08. The Kier molecular flexibility index (Phi) is 4.60. The van der Waals surface area contributed by atoms with Gasteiger partial charge >= 0.3 is 6.01 Å². The van der Waals surface area contributed by atoms with Crippen LogP contribution in [0.1, 0.15) is 27.9 Å². The van der Waals surface area contributed by atoms with Gasteiger partial charge in [-0.1, -0.05) is 11.2 Å². The minimum atomic E-state index is -3.92. The zero-order valence-electron chi connectivity index (χ0n) is 15.1. The number of nitrogens with zero attached hydrogens (tertiary/aromatic N) is 2. The van der Waals surface area contributed by atoms with Crippen molar-refractivity contribution in [2.24, 2.45) is 0 Å². The first-order chi connectivity index (χ1) is 13.5. The lowest BCUT2D eigenvalue weighted by atomic mass is 10.1. The molecule has 1 heterocycles. The van der Waals surface area contributed by atoms with E-state index in [1.165, 1.54) is 42.4 Å². The molecule has 3 aromatic rings. The van der Waals surface area contributed by atoms with Crippen LogP contribution in [0.15, 0.2) is 51.8 Å².